The van der Waals surface area contributed by atoms with E-state index in [2.05, 4.69) is 15.1 Å². The monoisotopic (exact) mass is 338 g/mol. The van der Waals surface area contributed by atoms with Crippen LogP contribution in [-0.4, -0.2) is 98.1 Å². The van der Waals surface area contributed by atoms with Gasteiger partial charge in [0.25, 0.3) is 0 Å². The smallest absolute Gasteiger partial charge is 0.237 e. The van der Waals surface area contributed by atoms with Gasteiger partial charge in [0.05, 0.1) is 26.3 Å². The van der Waals surface area contributed by atoms with E-state index in [0.29, 0.717) is 25.7 Å². The minimum absolute atomic E-state index is 0.0246. The SMILES string of the molecule is O=C1CN(CC(=O)N2CCCC[C@@H]2CCN2CCOCC2)CCN1. The minimum atomic E-state index is 0.0246. The van der Waals surface area contributed by atoms with Crippen LogP contribution >= 0.6 is 0 Å². The lowest BCUT2D eigenvalue weighted by Gasteiger charge is -2.39. The Morgan fingerprint density at radius 1 is 1.12 bits per heavy atom. The van der Waals surface area contributed by atoms with E-state index in [0.717, 1.165) is 65.2 Å². The zero-order valence-corrected chi connectivity index (χ0v) is 14.5. The number of nitrogens with zero attached hydrogens (tertiary/aromatic N) is 3. The van der Waals surface area contributed by atoms with E-state index < -0.39 is 0 Å². The molecule has 3 heterocycles. The van der Waals surface area contributed by atoms with Crippen LogP contribution in [0, 0.1) is 0 Å². The molecule has 3 aliphatic rings. The van der Waals surface area contributed by atoms with Crippen molar-refractivity contribution in [3.63, 3.8) is 0 Å². The number of amides is 2. The number of rotatable bonds is 5. The average Bonchev–Trinajstić information content (AvgIpc) is 2.61. The van der Waals surface area contributed by atoms with Gasteiger partial charge in [-0.1, -0.05) is 0 Å². The fourth-order valence-corrected chi connectivity index (χ4v) is 3.89. The fraction of sp³-hybridized carbons (Fsp3) is 0.882. The van der Waals surface area contributed by atoms with Crippen molar-refractivity contribution < 1.29 is 14.3 Å². The minimum Gasteiger partial charge on any atom is -0.379 e. The van der Waals surface area contributed by atoms with Crippen molar-refractivity contribution in [3.05, 3.63) is 0 Å². The second kappa shape index (κ2) is 8.78. The first kappa shape index (κ1) is 17.6. The van der Waals surface area contributed by atoms with Gasteiger partial charge in [-0.2, -0.15) is 0 Å². The molecular formula is C17H30N4O3. The van der Waals surface area contributed by atoms with E-state index in [1.165, 1.54) is 6.42 Å². The van der Waals surface area contributed by atoms with Crippen LogP contribution in [0.2, 0.25) is 0 Å². The molecule has 0 aromatic carbocycles. The number of piperazine rings is 1. The van der Waals surface area contributed by atoms with Gasteiger partial charge < -0.3 is 15.0 Å². The molecule has 7 nitrogen and oxygen atoms in total. The number of ether oxygens (including phenoxy) is 1. The summed E-state index contributed by atoms with van der Waals surface area (Å²) in [7, 11) is 0. The van der Waals surface area contributed by atoms with Gasteiger partial charge in [0.1, 0.15) is 0 Å². The summed E-state index contributed by atoms with van der Waals surface area (Å²) in [5.74, 6) is 0.216. The average molecular weight is 338 g/mol. The highest BCUT2D eigenvalue weighted by molar-refractivity contribution is 5.82. The Morgan fingerprint density at radius 2 is 1.96 bits per heavy atom. The third kappa shape index (κ3) is 4.91. The number of nitrogens with one attached hydrogen (secondary N) is 1. The normalized spacial score (nSPS) is 27.1. The zero-order valence-electron chi connectivity index (χ0n) is 14.5. The molecule has 0 saturated carbocycles. The molecule has 1 atom stereocenters. The van der Waals surface area contributed by atoms with Gasteiger partial charge in [0, 0.05) is 45.3 Å². The molecule has 3 aliphatic heterocycles. The molecule has 0 aliphatic carbocycles. The van der Waals surface area contributed by atoms with E-state index in [1.807, 2.05) is 4.90 Å². The molecule has 7 heteroatoms. The summed E-state index contributed by atoms with van der Waals surface area (Å²) < 4.78 is 5.40. The van der Waals surface area contributed by atoms with Crippen LogP contribution in [0.15, 0.2) is 0 Å². The first-order chi connectivity index (χ1) is 11.7. The van der Waals surface area contributed by atoms with Gasteiger partial charge >= 0.3 is 0 Å². The van der Waals surface area contributed by atoms with Crippen LogP contribution in [-0.2, 0) is 14.3 Å². The van der Waals surface area contributed by atoms with E-state index in [4.69, 9.17) is 4.74 Å². The Hall–Kier alpha value is -1.18. The van der Waals surface area contributed by atoms with Gasteiger partial charge in [-0.15, -0.1) is 0 Å². The van der Waals surface area contributed by atoms with Crippen molar-refractivity contribution in [1.82, 2.24) is 20.0 Å². The lowest BCUT2D eigenvalue weighted by atomic mass is 9.98. The predicted molar refractivity (Wildman–Crippen MR) is 90.7 cm³/mol. The standard InChI is InChI=1S/C17H30N4O3/c22-16-13-20(8-5-18-16)14-17(23)21-6-2-1-3-15(21)4-7-19-9-11-24-12-10-19/h15H,1-14H2,(H,18,22)/t15-/m1/s1. The highest BCUT2D eigenvalue weighted by Gasteiger charge is 2.29. The first-order valence-electron chi connectivity index (χ1n) is 9.31. The maximum atomic E-state index is 12.8. The summed E-state index contributed by atoms with van der Waals surface area (Å²) in [6.07, 6.45) is 4.47. The predicted octanol–water partition coefficient (Wildman–Crippen LogP) is -0.478. The fourth-order valence-electron chi connectivity index (χ4n) is 3.89. The van der Waals surface area contributed by atoms with Crippen LogP contribution in [0.3, 0.4) is 0 Å². The maximum absolute atomic E-state index is 12.8. The highest BCUT2D eigenvalue weighted by Crippen LogP contribution is 2.21. The van der Waals surface area contributed by atoms with Gasteiger partial charge in [0.2, 0.25) is 11.8 Å². The molecule has 3 rings (SSSR count). The Bertz CT molecular complexity index is 440. The largest absolute Gasteiger partial charge is 0.379 e. The molecule has 0 spiro atoms. The molecule has 136 valence electrons. The molecule has 0 aromatic rings. The maximum Gasteiger partial charge on any atom is 0.237 e. The lowest BCUT2D eigenvalue weighted by Crippen LogP contribution is -2.53. The van der Waals surface area contributed by atoms with E-state index >= 15 is 0 Å². The number of hydrogen-bond acceptors (Lipinski definition) is 5. The molecule has 0 bridgehead atoms. The van der Waals surface area contributed by atoms with Crippen molar-refractivity contribution in [2.24, 2.45) is 0 Å². The van der Waals surface area contributed by atoms with Crippen LogP contribution < -0.4 is 5.32 Å². The summed E-state index contributed by atoms with van der Waals surface area (Å²) in [5.41, 5.74) is 0. The summed E-state index contributed by atoms with van der Waals surface area (Å²) in [6.45, 7) is 7.70. The first-order valence-corrected chi connectivity index (χ1v) is 9.31. The van der Waals surface area contributed by atoms with Crippen LogP contribution in [0.25, 0.3) is 0 Å². The second-order valence-corrected chi connectivity index (χ2v) is 7.04. The van der Waals surface area contributed by atoms with Crippen molar-refractivity contribution >= 4 is 11.8 Å². The van der Waals surface area contributed by atoms with Crippen LogP contribution in [0.5, 0.6) is 0 Å². The molecule has 24 heavy (non-hydrogen) atoms. The third-order valence-corrected chi connectivity index (χ3v) is 5.31. The zero-order chi connectivity index (χ0) is 16.8. The van der Waals surface area contributed by atoms with E-state index in [9.17, 15) is 9.59 Å². The van der Waals surface area contributed by atoms with Crippen molar-refractivity contribution in [2.75, 3.05) is 65.6 Å². The Morgan fingerprint density at radius 3 is 2.75 bits per heavy atom. The number of piperidine rings is 1. The molecule has 0 aromatic heterocycles. The number of morpholine rings is 1. The third-order valence-electron chi connectivity index (χ3n) is 5.31. The second-order valence-electron chi connectivity index (χ2n) is 7.04. The summed E-state index contributed by atoms with van der Waals surface area (Å²) in [4.78, 5) is 30.7. The Kier molecular flexibility index (Phi) is 6.45. The molecule has 0 radical (unpaired) electrons. The van der Waals surface area contributed by atoms with Crippen LogP contribution in [0.1, 0.15) is 25.7 Å². The summed E-state index contributed by atoms with van der Waals surface area (Å²) in [6, 6.07) is 0.354. The quantitative estimate of drug-likeness (QED) is 0.734. The van der Waals surface area contributed by atoms with Crippen molar-refractivity contribution in [2.45, 2.75) is 31.7 Å². The van der Waals surface area contributed by atoms with E-state index in [1.54, 1.807) is 0 Å². The molecule has 1 N–H and O–H groups in total. The van der Waals surface area contributed by atoms with Gasteiger partial charge in [-0.05, 0) is 25.7 Å². The number of hydrogen-bond donors (Lipinski definition) is 1. The Balaban J connectivity index is 1.49. The molecule has 2 amide bonds. The van der Waals surface area contributed by atoms with Gasteiger partial charge in [-0.25, -0.2) is 0 Å². The van der Waals surface area contributed by atoms with Crippen LogP contribution in [0.4, 0.5) is 0 Å². The summed E-state index contributed by atoms with van der Waals surface area (Å²) in [5, 5.41) is 2.81. The lowest BCUT2D eigenvalue weighted by molar-refractivity contribution is -0.137. The number of carbonyl (C=O) groups is 2. The topological polar surface area (TPSA) is 65.1 Å². The number of carbonyl (C=O) groups excluding carboxylic acids is 2. The van der Waals surface area contributed by atoms with Crippen molar-refractivity contribution in [3.8, 4) is 0 Å². The van der Waals surface area contributed by atoms with E-state index in [-0.39, 0.29) is 11.8 Å². The molecular weight excluding hydrogens is 308 g/mol. The van der Waals surface area contributed by atoms with Gasteiger partial charge in [-0.3, -0.25) is 19.4 Å². The Labute approximate surface area is 144 Å². The molecule has 0 unspecified atom stereocenters. The highest BCUT2D eigenvalue weighted by atomic mass is 16.5. The molecule has 3 fully saturated rings. The molecule has 3 saturated heterocycles. The number of likely N-dealkylation sites (tertiary alicyclic amines) is 1. The summed E-state index contributed by atoms with van der Waals surface area (Å²) >= 11 is 0. The van der Waals surface area contributed by atoms with Crippen molar-refractivity contribution in [1.29, 1.82) is 0 Å². The van der Waals surface area contributed by atoms with Gasteiger partial charge in [0.15, 0.2) is 0 Å².